The third kappa shape index (κ3) is 1.94. The summed E-state index contributed by atoms with van der Waals surface area (Å²) in [5.41, 5.74) is 1.30. The number of hydrogen-bond acceptors (Lipinski definition) is 1. The van der Waals surface area contributed by atoms with Gasteiger partial charge >= 0.3 is 0 Å². The van der Waals surface area contributed by atoms with Gasteiger partial charge in [-0.3, -0.25) is 0 Å². The van der Waals surface area contributed by atoms with Crippen molar-refractivity contribution in [3.8, 4) is 10.4 Å². The normalized spacial score (nSPS) is 10.9. The quantitative estimate of drug-likeness (QED) is 0.672. The van der Waals surface area contributed by atoms with Crippen molar-refractivity contribution in [1.82, 2.24) is 0 Å². The molecule has 1 heterocycles. The van der Waals surface area contributed by atoms with Crippen LogP contribution in [0.15, 0.2) is 48.5 Å². The molecular weight excluding hydrogens is 188 g/mol. The lowest BCUT2D eigenvalue weighted by Gasteiger charge is -1.93. The first-order valence-corrected chi connectivity index (χ1v) is 5.50. The van der Waals surface area contributed by atoms with Gasteiger partial charge in [-0.2, -0.15) is 0 Å². The highest BCUT2D eigenvalue weighted by Crippen LogP contribution is 2.28. The highest BCUT2D eigenvalue weighted by molar-refractivity contribution is 7.16. The Morgan fingerprint density at radius 2 is 1.79 bits per heavy atom. The van der Waals surface area contributed by atoms with Crippen LogP contribution >= 0.6 is 11.3 Å². The van der Waals surface area contributed by atoms with E-state index in [4.69, 9.17) is 0 Å². The van der Waals surface area contributed by atoms with Gasteiger partial charge in [0.15, 0.2) is 0 Å². The van der Waals surface area contributed by atoms with Gasteiger partial charge in [0.2, 0.25) is 0 Å². The SMILES string of the molecule is CC=Cc1ccc(-c2ccccc2)s1. The molecule has 0 bridgehead atoms. The Morgan fingerprint density at radius 1 is 1.00 bits per heavy atom. The van der Waals surface area contributed by atoms with Crippen LogP contribution in [0.4, 0.5) is 0 Å². The van der Waals surface area contributed by atoms with Crippen LogP contribution in [0, 0.1) is 0 Å². The summed E-state index contributed by atoms with van der Waals surface area (Å²) in [5.74, 6) is 0. The van der Waals surface area contributed by atoms with E-state index < -0.39 is 0 Å². The van der Waals surface area contributed by atoms with Crippen molar-refractivity contribution in [2.24, 2.45) is 0 Å². The van der Waals surface area contributed by atoms with Crippen LogP contribution in [-0.2, 0) is 0 Å². The van der Waals surface area contributed by atoms with Crippen LogP contribution in [0.3, 0.4) is 0 Å². The maximum Gasteiger partial charge on any atom is 0.0349 e. The summed E-state index contributed by atoms with van der Waals surface area (Å²) < 4.78 is 0. The molecule has 0 aliphatic rings. The lowest BCUT2D eigenvalue weighted by Crippen LogP contribution is -1.67. The number of benzene rings is 1. The average Bonchev–Trinajstić information content (AvgIpc) is 2.68. The molecule has 0 spiro atoms. The van der Waals surface area contributed by atoms with E-state index in [2.05, 4.69) is 48.6 Å². The third-order valence-electron chi connectivity index (χ3n) is 2.02. The lowest BCUT2D eigenvalue weighted by atomic mass is 10.2. The van der Waals surface area contributed by atoms with E-state index in [-0.39, 0.29) is 0 Å². The highest BCUT2D eigenvalue weighted by atomic mass is 32.1. The molecule has 0 N–H and O–H groups in total. The van der Waals surface area contributed by atoms with Crippen LogP contribution in [-0.4, -0.2) is 0 Å². The van der Waals surface area contributed by atoms with E-state index in [1.807, 2.05) is 24.3 Å². The van der Waals surface area contributed by atoms with E-state index >= 15 is 0 Å². The van der Waals surface area contributed by atoms with E-state index in [1.54, 1.807) is 0 Å². The summed E-state index contributed by atoms with van der Waals surface area (Å²) in [6.45, 7) is 2.04. The summed E-state index contributed by atoms with van der Waals surface area (Å²) in [7, 11) is 0. The Labute approximate surface area is 88.5 Å². The van der Waals surface area contributed by atoms with E-state index in [0.717, 1.165) is 0 Å². The van der Waals surface area contributed by atoms with Gasteiger partial charge in [-0.15, -0.1) is 11.3 Å². The zero-order valence-corrected chi connectivity index (χ0v) is 8.92. The van der Waals surface area contributed by atoms with E-state index in [1.165, 1.54) is 15.3 Å². The number of thiophene rings is 1. The maximum atomic E-state index is 2.18. The lowest BCUT2D eigenvalue weighted by molar-refractivity contribution is 1.70. The monoisotopic (exact) mass is 200 g/mol. The van der Waals surface area contributed by atoms with Gasteiger partial charge in [-0.05, 0) is 30.7 Å². The minimum atomic E-state index is 1.30. The van der Waals surface area contributed by atoms with Crippen molar-refractivity contribution in [2.45, 2.75) is 6.92 Å². The summed E-state index contributed by atoms with van der Waals surface area (Å²) in [6.07, 6.45) is 4.21. The van der Waals surface area contributed by atoms with Gasteiger partial charge in [0.1, 0.15) is 0 Å². The molecule has 2 rings (SSSR count). The molecule has 1 heteroatoms. The van der Waals surface area contributed by atoms with Gasteiger partial charge in [-0.25, -0.2) is 0 Å². The molecule has 1 aromatic carbocycles. The molecule has 0 unspecified atom stereocenters. The van der Waals surface area contributed by atoms with Crippen LogP contribution in [0.1, 0.15) is 11.8 Å². The topological polar surface area (TPSA) is 0 Å². The van der Waals surface area contributed by atoms with Crippen LogP contribution < -0.4 is 0 Å². The Bertz CT molecular complexity index is 424. The zero-order valence-electron chi connectivity index (χ0n) is 8.10. The van der Waals surface area contributed by atoms with E-state index in [9.17, 15) is 0 Å². The molecule has 0 atom stereocenters. The number of hydrogen-bond donors (Lipinski definition) is 0. The smallest absolute Gasteiger partial charge is 0.0349 e. The first-order chi connectivity index (χ1) is 6.90. The third-order valence-corrected chi connectivity index (χ3v) is 3.12. The van der Waals surface area contributed by atoms with Crippen LogP contribution in [0.2, 0.25) is 0 Å². The fourth-order valence-corrected chi connectivity index (χ4v) is 2.35. The van der Waals surface area contributed by atoms with Crippen LogP contribution in [0.25, 0.3) is 16.5 Å². The Balaban J connectivity index is 2.34. The molecule has 0 nitrogen and oxygen atoms in total. The Kier molecular flexibility index (Phi) is 2.80. The molecule has 0 fully saturated rings. The second-order valence-electron chi connectivity index (χ2n) is 3.07. The first kappa shape index (κ1) is 9.22. The van der Waals surface area contributed by atoms with Gasteiger partial charge in [0, 0.05) is 9.75 Å². The fraction of sp³-hybridized carbons (Fsp3) is 0.0769. The molecular formula is C13H12S. The molecule has 2 aromatic rings. The van der Waals surface area contributed by atoms with Gasteiger partial charge in [0.25, 0.3) is 0 Å². The predicted molar refractivity (Wildman–Crippen MR) is 64.5 cm³/mol. The molecule has 0 aliphatic carbocycles. The van der Waals surface area contributed by atoms with Crippen molar-refractivity contribution < 1.29 is 0 Å². The maximum absolute atomic E-state index is 2.18. The molecule has 0 amide bonds. The summed E-state index contributed by atoms with van der Waals surface area (Å²) in [5, 5.41) is 0. The Hall–Kier alpha value is -1.34. The predicted octanol–water partition coefficient (Wildman–Crippen LogP) is 4.45. The standard InChI is InChI=1S/C13H12S/c1-2-6-12-9-10-13(14-12)11-7-4-3-5-8-11/h2-10H,1H3. The molecule has 0 radical (unpaired) electrons. The van der Waals surface area contributed by atoms with Crippen molar-refractivity contribution >= 4 is 17.4 Å². The van der Waals surface area contributed by atoms with Crippen molar-refractivity contribution in [2.75, 3.05) is 0 Å². The second kappa shape index (κ2) is 4.25. The molecule has 1 aromatic heterocycles. The molecule has 0 saturated carbocycles. The molecule has 0 saturated heterocycles. The minimum Gasteiger partial charge on any atom is -0.136 e. The molecule has 0 aliphatic heterocycles. The first-order valence-electron chi connectivity index (χ1n) is 4.68. The molecule has 70 valence electrons. The van der Waals surface area contributed by atoms with E-state index in [0.29, 0.717) is 0 Å². The van der Waals surface area contributed by atoms with Crippen molar-refractivity contribution in [3.05, 3.63) is 53.4 Å². The largest absolute Gasteiger partial charge is 0.136 e. The highest BCUT2D eigenvalue weighted by Gasteiger charge is 1.99. The zero-order chi connectivity index (χ0) is 9.80. The summed E-state index contributed by atoms with van der Waals surface area (Å²) in [6, 6.07) is 14.8. The van der Waals surface area contributed by atoms with Crippen molar-refractivity contribution in [3.63, 3.8) is 0 Å². The van der Waals surface area contributed by atoms with Gasteiger partial charge in [0.05, 0.1) is 0 Å². The van der Waals surface area contributed by atoms with Crippen molar-refractivity contribution in [1.29, 1.82) is 0 Å². The summed E-state index contributed by atoms with van der Waals surface area (Å²) >= 11 is 1.82. The fourth-order valence-electron chi connectivity index (χ4n) is 1.36. The second-order valence-corrected chi connectivity index (χ2v) is 4.18. The van der Waals surface area contributed by atoms with Gasteiger partial charge in [-0.1, -0.05) is 36.4 Å². The minimum absolute atomic E-state index is 1.30. The number of allylic oxidation sites excluding steroid dienone is 1. The van der Waals surface area contributed by atoms with Crippen LogP contribution in [0.5, 0.6) is 0 Å². The Morgan fingerprint density at radius 3 is 2.50 bits per heavy atom. The number of rotatable bonds is 2. The van der Waals surface area contributed by atoms with Gasteiger partial charge < -0.3 is 0 Å². The summed E-state index contributed by atoms with van der Waals surface area (Å²) in [4.78, 5) is 2.64. The average molecular weight is 200 g/mol. The molecule has 14 heavy (non-hydrogen) atoms.